The zero-order valence-corrected chi connectivity index (χ0v) is 12.0. The molecule has 0 atom stereocenters. The fourth-order valence-corrected chi connectivity index (χ4v) is 2.07. The van der Waals surface area contributed by atoms with Crippen LogP contribution < -0.4 is 5.32 Å². The van der Waals surface area contributed by atoms with Gasteiger partial charge in [-0.3, -0.25) is 0 Å². The first kappa shape index (κ1) is 15.5. The van der Waals surface area contributed by atoms with Gasteiger partial charge >= 0.3 is 6.18 Å². The molecule has 0 amide bonds. The molecule has 0 aliphatic heterocycles. The first-order valence-corrected chi connectivity index (χ1v) is 6.88. The predicted octanol–water partition coefficient (Wildman–Crippen LogP) is 3.16. The van der Waals surface area contributed by atoms with Crippen molar-refractivity contribution >= 4 is 17.7 Å². The number of halogens is 3. The third kappa shape index (κ3) is 4.31. The maximum atomic E-state index is 12.8. The Kier molecular flexibility index (Phi) is 4.66. The van der Waals surface area contributed by atoms with Crippen LogP contribution in [0.2, 0.25) is 0 Å². The van der Waals surface area contributed by atoms with Crippen molar-refractivity contribution in [1.82, 2.24) is 20.2 Å². The van der Waals surface area contributed by atoms with Gasteiger partial charge in [-0.05, 0) is 18.2 Å². The summed E-state index contributed by atoms with van der Waals surface area (Å²) in [4.78, 5) is 7.46. The number of nitrogens with one attached hydrogen (secondary N) is 1. The molecule has 2 aromatic rings. The predicted molar refractivity (Wildman–Crippen MR) is 69.0 cm³/mol. The summed E-state index contributed by atoms with van der Waals surface area (Å²) in [5.41, 5.74) is -1.02. The minimum Gasteiger partial charge on any atom is -0.416 e. The van der Waals surface area contributed by atoms with Crippen LogP contribution in [0.4, 0.5) is 19.1 Å². The molecule has 0 aromatic carbocycles. The molecule has 1 N–H and O–H groups in total. The van der Waals surface area contributed by atoms with Crippen LogP contribution in [0.5, 0.6) is 0 Å². The van der Waals surface area contributed by atoms with E-state index in [1.807, 2.05) is 6.92 Å². The summed E-state index contributed by atoms with van der Waals surface area (Å²) in [6.45, 7) is 3.95. The van der Waals surface area contributed by atoms with Gasteiger partial charge in [0.15, 0.2) is 5.69 Å². The van der Waals surface area contributed by atoms with E-state index in [9.17, 15) is 13.2 Å². The maximum Gasteiger partial charge on any atom is 0.433 e. The highest BCUT2D eigenvalue weighted by Crippen LogP contribution is 2.32. The fourth-order valence-electron chi connectivity index (χ4n) is 1.35. The van der Waals surface area contributed by atoms with Gasteiger partial charge in [0.05, 0.1) is 0 Å². The molecule has 114 valence electrons. The van der Waals surface area contributed by atoms with E-state index in [0.717, 1.165) is 24.2 Å². The minimum absolute atomic E-state index is 0.0783. The number of aromatic nitrogens is 4. The van der Waals surface area contributed by atoms with E-state index in [1.165, 1.54) is 0 Å². The third-order valence-electron chi connectivity index (χ3n) is 2.23. The van der Waals surface area contributed by atoms with Crippen molar-refractivity contribution in [3.8, 4) is 0 Å². The average Bonchev–Trinajstić information content (AvgIpc) is 2.80. The van der Waals surface area contributed by atoms with Crippen LogP contribution in [0.3, 0.4) is 0 Å². The molecule has 0 spiro atoms. The zero-order chi connectivity index (χ0) is 15.5. The van der Waals surface area contributed by atoms with Crippen molar-refractivity contribution in [2.75, 3.05) is 11.9 Å². The molecular weight excluding hydrogens is 307 g/mol. The van der Waals surface area contributed by atoms with Crippen LogP contribution in [0, 0.1) is 6.92 Å². The highest BCUT2D eigenvalue weighted by molar-refractivity contribution is 7.99. The monoisotopic (exact) mass is 319 g/mol. The second-order valence-corrected chi connectivity index (χ2v) is 5.00. The van der Waals surface area contributed by atoms with Gasteiger partial charge in [-0.15, -0.1) is 10.2 Å². The molecule has 0 saturated heterocycles. The Labute approximate surface area is 122 Å². The van der Waals surface area contributed by atoms with E-state index in [4.69, 9.17) is 4.42 Å². The van der Waals surface area contributed by atoms with Gasteiger partial charge in [0.1, 0.15) is 5.03 Å². The van der Waals surface area contributed by atoms with E-state index in [-0.39, 0.29) is 16.2 Å². The van der Waals surface area contributed by atoms with Crippen LogP contribution in [0.1, 0.15) is 24.9 Å². The Balaban J connectivity index is 2.30. The van der Waals surface area contributed by atoms with Crippen LogP contribution in [0.15, 0.2) is 20.7 Å². The summed E-state index contributed by atoms with van der Waals surface area (Å²) < 4.78 is 43.6. The molecule has 2 aromatic heterocycles. The molecule has 0 fully saturated rings. The third-order valence-corrected chi connectivity index (χ3v) is 2.98. The molecule has 0 radical (unpaired) electrons. The highest BCUT2D eigenvalue weighted by Gasteiger charge is 2.34. The second kappa shape index (κ2) is 6.29. The first-order chi connectivity index (χ1) is 9.88. The molecule has 10 heteroatoms. The molecule has 0 bridgehead atoms. The zero-order valence-electron chi connectivity index (χ0n) is 11.2. The van der Waals surface area contributed by atoms with Crippen LogP contribution >= 0.6 is 11.8 Å². The average molecular weight is 319 g/mol. The lowest BCUT2D eigenvalue weighted by Crippen LogP contribution is -2.13. The molecule has 0 unspecified atom stereocenters. The summed E-state index contributed by atoms with van der Waals surface area (Å²) in [5, 5.41) is 10.3. The van der Waals surface area contributed by atoms with Gasteiger partial charge in [-0.2, -0.15) is 13.2 Å². The number of alkyl halides is 3. The van der Waals surface area contributed by atoms with Gasteiger partial charge in [0.25, 0.3) is 5.22 Å². The summed E-state index contributed by atoms with van der Waals surface area (Å²) in [6, 6.07) is 0.849. The van der Waals surface area contributed by atoms with E-state index < -0.39 is 11.9 Å². The summed E-state index contributed by atoms with van der Waals surface area (Å²) >= 11 is 0.855. The number of hydrogen-bond acceptors (Lipinski definition) is 7. The molecule has 2 heterocycles. The van der Waals surface area contributed by atoms with Crippen molar-refractivity contribution < 1.29 is 17.6 Å². The van der Waals surface area contributed by atoms with Gasteiger partial charge < -0.3 is 9.73 Å². The van der Waals surface area contributed by atoms with Gasteiger partial charge in [-0.1, -0.05) is 6.92 Å². The Bertz CT molecular complexity index is 616. The first-order valence-electron chi connectivity index (χ1n) is 6.06. The normalized spacial score (nSPS) is 11.7. The maximum absolute atomic E-state index is 12.8. The SMILES string of the molecule is CCCNc1nc(Sc2nnc(C)o2)cc(C(F)(F)F)n1. The molecule has 0 aliphatic carbocycles. The molecule has 0 saturated carbocycles. The lowest BCUT2D eigenvalue weighted by molar-refractivity contribution is -0.141. The molecule has 2 rings (SSSR count). The van der Waals surface area contributed by atoms with Gasteiger partial charge in [0, 0.05) is 19.5 Å². The van der Waals surface area contributed by atoms with Crippen molar-refractivity contribution in [3.05, 3.63) is 17.7 Å². The second-order valence-electron chi connectivity index (χ2n) is 4.03. The van der Waals surface area contributed by atoms with Gasteiger partial charge in [-0.25, -0.2) is 9.97 Å². The molecule has 21 heavy (non-hydrogen) atoms. The van der Waals surface area contributed by atoms with Crippen LogP contribution in [-0.2, 0) is 6.18 Å². The number of anilines is 1. The largest absolute Gasteiger partial charge is 0.433 e. The standard InChI is InChI=1S/C11H12F3N5OS/c1-3-4-15-9-16-7(11(12,13)14)5-8(17-9)21-10-19-18-6(2)20-10/h5H,3-4H2,1-2H3,(H,15,16,17). The summed E-state index contributed by atoms with van der Waals surface area (Å²) in [5.74, 6) is 0.248. The van der Waals surface area contributed by atoms with E-state index in [1.54, 1.807) is 6.92 Å². The number of aryl methyl sites for hydroxylation is 1. The number of nitrogens with zero attached hydrogens (tertiary/aromatic N) is 4. The van der Waals surface area contributed by atoms with Crippen molar-refractivity contribution in [2.45, 2.75) is 36.7 Å². The molecule has 6 nitrogen and oxygen atoms in total. The molecule has 0 aliphatic rings. The number of rotatable bonds is 5. The van der Waals surface area contributed by atoms with E-state index >= 15 is 0 Å². The van der Waals surface area contributed by atoms with E-state index in [0.29, 0.717) is 12.4 Å². The smallest absolute Gasteiger partial charge is 0.416 e. The highest BCUT2D eigenvalue weighted by atomic mass is 32.2. The quantitative estimate of drug-likeness (QED) is 0.848. The van der Waals surface area contributed by atoms with Crippen molar-refractivity contribution in [3.63, 3.8) is 0 Å². The number of hydrogen-bond donors (Lipinski definition) is 1. The summed E-state index contributed by atoms with van der Waals surface area (Å²) in [7, 11) is 0. The minimum atomic E-state index is -4.55. The summed E-state index contributed by atoms with van der Waals surface area (Å²) in [6.07, 6.45) is -3.81. The Morgan fingerprint density at radius 2 is 2.05 bits per heavy atom. The van der Waals surface area contributed by atoms with Crippen molar-refractivity contribution in [1.29, 1.82) is 0 Å². The fraction of sp³-hybridized carbons (Fsp3) is 0.455. The topological polar surface area (TPSA) is 76.7 Å². The van der Waals surface area contributed by atoms with Crippen molar-refractivity contribution in [2.24, 2.45) is 0 Å². The lowest BCUT2D eigenvalue weighted by atomic mass is 10.4. The Morgan fingerprint density at radius 3 is 2.62 bits per heavy atom. The van der Waals surface area contributed by atoms with Gasteiger partial charge in [0.2, 0.25) is 11.8 Å². The molecular formula is C11H12F3N5OS. The Morgan fingerprint density at radius 1 is 1.29 bits per heavy atom. The Hall–Kier alpha value is -1.84. The van der Waals surface area contributed by atoms with E-state index in [2.05, 4.69) is 25.5 Å². The van der Waals surface area contributed by atoms with Crippen LogP contribution in [0.25, 0.3) is 0 Å². The van der Waals surface area contributed by atoms with Crippen LogP contribution in [-0.4, -0.2) is 26.7 Å². The lowest BCUT2D eigenvalue weighted by Gasteiger charge is -2.10.